The van der Waals surface area contributed by atoms with Crippen molar-refractivity contribution in [1.29, 1.82) is 0 Å². The zero-order chi connectivity index (χ0) is 14.7. The van der Waals surface area contributed by atoms with Gasteiger partial charge in [-0.1, -0.05) is 0 Å². The Bertz CT molecular complexity index is 646. The predicted molar refractivity (Wildman–Crippen MR) is 77.2 cm³/mol. The Morgan fingerprint density at radius 2 is 2.00 bits per heavy atom. The highest BCUT2D eigenvalue weighted by Crippen LogP contribution is 2.35. The molecule has 0 spiro atoms. The lowest BCUT2D eigenvalue weighted by molar-refractivity contribution is 0.174. The molecule has 1 aromatic heterocycles. The van der Waals surface area contributed by atoms with Crippen molar-refractivity contribution in [1.82, 2.24) is 4.98 Å². The molecule has 0 saturated heterocycles. The van der Waals surface area contributed by atoms with Crippen molar-refractivity contribution in [2.45, 2.75) is 6.54 Å². The van der Waals surface area contributed by atoms with Crippen molar-refractivity contribution in [2.24, 2.45) is 0 Å². The van der Waals surface area contributed by atoms with Crippen LogP contribution in [-0.2, 0) is 6.54 Å². The van der Waals surface area contributed by atoms with Crippen LogP contribution in [0.15, 0.2) is 30.5 Å². The quantitative estimate of drug-likeness (QED) is 0.911. The molecule has 2 aromatic rings. The lowest BCUT2D eigenvalue weighted by Crippen LogP contribution is -2.05. The van der Waals surface area contributed by atoms with Gasteiger partial charge in [-0.05, 0) is 12.1 Å². The molecule has 110 valence electrons. The Kier molecular flexibility index (Phi) is 3.68. The first-order valence-corrected chi connectivity index (χ1v) is 6.51. The first-order chi connectivity index (χ1) is 10.3. The first kappa shape index (κ1) is 13.4. The van der Waals surface area contributed by atoms with Crippen molar-refractivity contribution in [3.63, 3.8) is 0 Å². The molecule has 0 unspecified atom stereocenters. The van der Waals surface area contributed by atoms with Gasteiger partial charge in [0, 0.05) is 24.0 Å². The Morgan fingerprint density at radius 3 is 2.81 bits per heavy atom. The largest absolute Gasteiger partial charge is 0.493 e. The number of nitrogens with zero attached hydrogens (tertiary/aromatic N) is 1. The Balaban J connectivity index is 1.76. The van der Waals surface area contributed by atoms with Crippen LogP contribution in [-0.4, -0.2) is 26.0 Å². The molecule has 2 heterocycles. The zero-order valence-corrected chi connectivity index (χ0v) is 11.9. The molecule has 0 fully saturated rings. The maximum atomic E-state index is 5.36. The van der Waals surface area contributed by atoms with Crippen LogP contribution in [0.1, 0.15) is 5.69 Å². The van der Waals surface area contributed by atoms with Crippen molar-refractivity contribution in [2.75, 3.05) is 26.3 Å². The number of pyridine rings is 1. The number of hydrogen-bond acceptors (Lipinski definition) is 6. The Hall–Kier alpha value is -2.63. The molecule has 3 rings (SSSR count). The van der Waals surface area contributed by atoms with E-state index in [4.69, 9.17) is 18.9 Å². The number of hydrogen-bond donors (Lipinski definition) is 1. The van der Waals surface area contributed by atoms with E-state index in [9.17, 15) is 0 Å². The Morgan fingerprint density at radius 1 is 1.14 bits per heavy atom. The molecule has 0 saturated carbocycles. The van der Waals surface area contributed by atoms with Gasteiger partial charge in [0.25, 0.3) is 0 Å². The summed E-state index contributed by atoms with van der Waals surface area (Å²) in [7, 11) is 3.20. The van der Waals surface area contributed by atoms with Gasteiger partial charge in [0.2, 0.25) is 6.79 Å². The zero-order valence-electron chi connectivity index (χ0n) is 11.9. The van der Waals surface area contributed by atoms with Crippen LogP contribution in [0.4, 0.5) is 5.69 Å². The van der Waals surface area contributed by atoms with Gasteiger partial charge in [-0.15, -0.1) is 0 Å². The fourth-order valence-electron chi connectivity index (χ4n) is 2.17. The molecule has 1 aliphatic rings. The van der Waals surface area contributed by atoms with E-state index in [1.807, 2.05) is 18.2 Å². The van der Waals surface area contributed by atoms with Crippen LogP contribution in [0.5, 0.6) is 23.0 Å². The van der Waals surface area contributed by atoms with Crippen molar-refractivity contribution < 1.29 is 18.9 Å². The number of nitrogens with one attached hydrogen (secondary N) is 1. The van der Waals surface area contributed by atoms with Gasteiger partial charge in [0.05, 0.1) is 20.8 Å². The van der Waals surface area contributed by atoms with E-state index in [-0.39, 0.29) is 6.79 Å². The van der Waals surface area contributed by atoms with E-state index in [0.29, 0.717) is 18.0 Å². The molecule has 6 nitrogen and oxygen atoms in total. The summed E-state index contributed by atoms with van der Waals surface area (Å²) in [5.74, 6) is 2.80. The minimum Gasteiger partial charge on any atom is -0.493 e. The molecule has 1 N–H and O–H groups in total. The SMILES string of the molecule is COc1ccnc(CNc2ccc3c(c2)OCO3)c1OC. The molecule has 1 aromatic carbocycles. The minimum absolute atomic E-state index is 0.268. The summed E-state index contributed by atoms with van der Waals surface area (Å²) in [6.45, 7) is 0.782. The van der Waals surface area contributed by atoms with Gasteiger partial charge >= 0.3 is 0 Å². The third kappa shape index (κ3) is 2.65. The summed E-state index contributed by atoms with van der Waals surface area (Å²) in [5, 5.41) is 3.28. The topological polar surface area (TPSA) is 61.8 Å². The Labute approximate surface area is 122 Å². The average Bonchev–Trinajstić information content (AvgIpc) is 2.99. The second-order valence-electron chi connectivity index (χ2n) is 4.41. The lowest BCUT2D eigenvalue weighted by atomic mass is 10.2. The molecular weight excluding hydrogens is 272 g/mol. The van der Waals surface area contributed by atoms with E-state index < -0.39 is 0 Å². The normalized spacial score (nSPS) is 12.1. The van der Waals surface area contributed by atoms with Crippen LogP contribution in [0, 0.1) is 0 Å². The summed E-state index contributed by atoms with van der Waals surface area (Å²) in [6.07, 6.45) is 1.69. The number of rotatable bonds is 5. The van der Waals surface area contributed by atoms with Crippen LogP contribution in [0.25, 0.3) is 0 Å². The number of anilines is 1. The third-order valence-corrected chi connectivity index (χ3v) is 3.20. The first-order valence-electron chi connectivity index (χ1n) is 6.51. The fraction of sp³-hybridized carbons (Fsp3) is 0.267. The van der Waals surface area contributed by atoms with Crippen LogP contribution >= 0.6 is 0 Å². The van der Waals surface area contributed by atoms with Crippen molar-refractivity contribution in [3.05, 3.63) is 36.2 Å². The molecule has 0 amide bonds. The molecule has 0 radical (unpaired) electrons. The van der Waals surface area contributed by atoms with Gasteiger partial charge in [0.1, 0.15) is 5.69 Å². The monoisotopic (exact) mass is 288 g/mol. The number of aromatic nitrogens is 1. The number of ether oxygens (including phenoxy) is 4. The van der Waals surface area contributed by atoms with Crippen LogP contribution in [0.2, 0.25) is 0 Å². The third-order valence-electron chi connectivity index (χ3n) is 3.20. The molecule has 6 heteroatoms. The lowest BCUT2D eigenvalue weighted by Gasteiger charge is -2.12. The van der Waals surface area contributed by atoms with Crippen LogP contribution < -0.4 is 24.3 Å². The molecular formula is C15H16N2O4. The van der Waals surface area contributed by atoms with E-state index in [2.05, 4.69) is 10.3 Å². The highest BCUT2D eigenvalue weighted by Gasteiger charge is 2.14. The number of benzene rings is 1. The predicted octanol–water partition coefficient (Wildman–Crippen LogP) is 2.44. The highest BCUT2D eigenvalue weighted by atomic mass is 16.7. The van der Waals surface area contributed by atoms with Gasteiger partial charge in [-0.3, -0.25) is 4.98 Å². The van der Waals surface area contributed by atoms with Crippen molar-refractivity contribution >= 4 is 5.69 Å². The standard InChI is InChI=1S/C15H16N2O4/c1-18-13-5-6-16-11(15(13)19-2)8-17-10-3-4-12-14(7-10)21-9-20-12/h3-7,17H,8-9H2,1-2H3. The van der Waals surface area contributed by atoms with E-state index >= 15 is 0 Å². The summed E-state index contributed by atoms with van der Waals surface area (Å²) >= 11 is 0. The van der Waals surface area contributed by atoms with E-state index in [1.54, 1.807) is 26.5 Å². The van der Waals surface area contributed by atoms with Crippen LogP contribution in [0.3, 0.4) is 0 Å². The summed E-state index contributed by atoms with van der Waals surface area (Å²) in [5.41, 5.74) is 1.69. The summed E-state index contributed by atoms with van der Waals surface area (Å²) < 4.78 is 21.3. The average molecular weight is 288 g/mol. The number of fused-ring (bicyclic) bond motifs is 1. The van der Waals surface area contributed by atoms with Gasteiger partial charge in [-0.2, -0.15) is 0 Å². The summed E-state index contributed by atoms with van der Waals surface area (Å²) in [4.78, 5) is 4.32. The van der Waals surface area contributed by atoms with Crippen molar-refractivity contribution in [3.8, 4) is 23.0 Å². The number of methoxy groups -OCH3 is 2. The highest BCUT2D eigenvalue weighted by molar-refractivity contribution is 5.56. The summed E-state index contributed by atoms with van der Waals surface area (Å²) in [6, 6.07) is 7.47. The molecule has 0 bridgehead atoms. The molecule has 21 heavy (non-hydrogen) atoms. The van der Waals surface area contributed by atoms with Gasteiger partial charge in [-0.25, -0.2) is 0 Å². The van der Waals surface area contributed by atoms with Gasteiger partial charge < -0.3 is 24.3 Å². The molecule has 0 aliphatic carbocycles. The van der Waals surface area contributed by atoms with E-state index in [0.717, 1.165) is 22.9 Å². The van der Waals surface area contributed by atoms with E-state index in [1.165, 1.54) is 0 Å². The molecule has 1 aliphatic heterocycles. The van der Waals surface area contributed by atoms with Gasteiger partial charge in [0.15, 0.2) is 23.0 Å². The fourth-order valence-corrected chi connectivity index (χ4v) is 2.17. The smallest absolute Gasteiger partial charge is 0.231 e. The molecule has 0 atom stereocenters. The maximum absolute atomic E-state index is 5.36. The second-order valence-corrected chi connectivity index (χ2v) is 4.41. The second kappa shape index (κ2) is 5.78. The maximum Gasteiger partial charge on any atom is 0.231 e. The minimum atomic E-state index is 0.268.